The molecule has 0 fully saturated rings. The second kappa shape index (κ2) is 6.18. The highest BCUT2D eigenvalue weighted by Gasteiger charge is 2.31. The fraction of sp³-hybridized carbons (Fsp3) is 0.154. The van der Waals surface area contributed by atoms with Gasteiger partial charge in [-0.3, -0.25) is 10.1 Å². The molecule has 0 radical (unpaired) electrons. The number of halogens is 4. The summed E-state index contributed by atoms with van der Waals surface area (Å²) in [5, 5.41) is 13.1. The molecule has 0 aliphatic carbocycles. The van der Waals surface area contributed by atoms with Crippen LogP contribution in [0.4, 0.5) is 24.7 Å². The van der Waals surface area contributed by atoms with Crippen LogP contribution in [0.2, 0.25) is 5.02 Å². The topological polar surface area (TPSA) is 68.1 Å². The molecule has 0 saturated carbocycles. The summed E-state index contributed by atoms with van der Waals surface area (Å²) in [6, 6.07) is 6.51. The zero-order chi connectivity index (χ0) is 16.3. The number of nitro benzene ring substituents is 1. The van der Waals surface area contributed by atoms with Crippen molar-refractivity contribution in [3.63, 3.8) is 0 Å². The van der Waals surface area contributed by atoms with E-state index in [-0.39, 0.29) is 23.1 Å². The molecule has 116 valence electrons. The molecule has 2 rings (SSSR count). The zero-order valence-electron chi connectivity index (χ0n) is 10.9. The molecule has 9 heteroatoms. The first-order valence-corrected chi connectivity index (χ1v) is 6.35. The maximum absolute atomic E-state index is 12.5. The average Bonchev–Trinajstić information content (AvgIpc) is 2.45. The molecule has 5 nitrogen and oxygen atoms in total. The van der Waals surface area contributed by atoms with E-state index >= 15 is 0 Å². The number of nitrogens with zero attached hydrogens (tertiary/aromatic N) is 2. The van der Waals surface area contributed by atoms with E-state index in [9.17, 15) is 23.3 Å². The van der Waals surface area contributed by atoms with Gasteiger partial charge in [-0.25, -0.2) is 4.98 Å². The highest BCUT2D eigenvalue weighted by Crippen LogP contribution is 2.32. The molecule has 0 spiro atoms. The lowest BCUT2D eigenvalue weighted by atomic mass is 10.2. The third kappa shape index (κ3) is 3.85. The Labute approximate surface area is 127 Å². The van der Waals surface area contributed by atoms with Crippen LogP contribution < -0.4 is 5.32 Å². The van der Waals surface area contributed by atoms with Crippen molar-refractivity contribution in [2.75, 3.05) is 5.32 Å². The van der Waals surface area contributed by atoms with Crippen LogP contribution in [0, 0.1) is 10.1 Å². The van der Waals surface area contributed by atoms with Crippen LogP contribution >= 0.6 is 11.6 Å². The number of non-ortho nitro benzene ring substituents is 1. The molecule has 0 saturated heterocycles. The summed E-state index contributed by atoms with van der Waals surface area (Å²) in [5.41, 5.74) is -0.281. The number of aromatic nitrogens is 1. The molecule has 1 aromatic carbocycles. The first-order chi connectivity index (χ1) is 10.3. The summed E-state index contributed by atoms with van der Waals surface area (Å²) >= 11 is 5.75. The second-order valence-corrected chi connectivity index (χ2v) is 4.74. The Balaban J connectivity index is 2.07. The largest absolute Gasteiger partial charge is 0.417 e. The Morgan fingerprint density at radius 2 is 1.91 bits per heavy atom. The highest BCUT2D eigenvalue weighted by atomic mass is 35.5. The van der Waals surface area contributed by atoms with Crippen molar-refractivity contribution >= 4 is 23.1 Å². The molecule has 0 atom stereocenters. The van der Waals surface area contributed by atoms with E-state index in [2.05, 4.69) is 10.3 Å². The summed E-state index contributed by atoms with van der Waals surface area (Å²) in [6.45, 7) is 0.218. The van der Waals surface area contributed by atoms with Crippen molar-refractivity contribution in [2.24, 2.45) is 0 Å². The maximum atomic E-state index is 12.5. The quantitative estimate of drug-likeness (QED) is 0.671. The van der Waals surface area contributed by atoms with E-state index in [4.69, 9.17) is 11.6 Å². The lowest BCUT2D eigenvalue weighted by Gasteiger charge is -2.10. The fourth-order valence-electron chi connectivity index (χ4n) is 1.64. The first-order valence-electron chi connectivity index (χ1n) is 5.97. The van der Waals surface area contributed by atoms with Gasteiger partial charge in [-0.2, -0.15) is 13.2 Å². The van der Waals surface area contributed by atoms with Crippen molar-refractivity contribution in [1.29, 1.82) is 0 Å². The van der Waals surface area contributed by atoms with Gasteiger partial charge in [0.25, 0.3) is 5.69 Å². The van der Waals surface area contributed by atoms with Gasteiger partial charge >= 0.3 is 6.18 Å². The molecular formula is C13H9ClF3N3O2. The Morgan fingerprint density at radius 3 is 2.41 bits per heavy atom. The summed E-state index contributed by atoms with van der Waals surface area (Å²) in [5.74, 6) is 0.105. The number of anilines is 1. The Morgan fingerprint density at radius 1 is 1.27 bits per heavy atom. The normalized spacial score (nSPS) is 11.3. The van der Waals surface area contributed by atoms with Crippen LogP contribution in [0.15, 0.2) is 36.5 Å². The molecule has 0 aliphatic heterocycles. The van der Waals surface area contributed by atoms with Crippen LogP contribution in [0.25, 0.3) is 0 Å². The second-order valence-electron chi connectivity index (χ2n) is 4.33. The molecule has 0 amide bonds. The number of rotatable bonds is 4. The van der Waals surface area contributed by atoms with Gasteiger partial charge in [0, 0.05) is 24.9 Å². The number of nitrogens with one attached hydrogen (secondary N) is 1. The predicted octanol–water partition coefficient (Wildman–Crippen LogP) is 4.27. The molecule has 1 heterocycles. The van der Waals surface area contributed by atoms with Crippen molar-refractivity contribution in [3.8, 4) is 0 Å². The van der Waals surface area contributed by atoms with E-state index in [1.807, 2.05) is 0 Å². The fourth-order valence-corrected chi connectivity index (χ4v) is 1.88. The third-order valence-electron chi connectivity index (χ3n) is 2.78. The van der Waals surface area contributed by atoms with E-state index in [0.29, 0.717) is 11.8 Å². The lowest BCUT2D eigenvalue weighted by molar-refractivity contribution is -0.384. The first kappa shape index (κ1) is 16.0. The number of benzene rings is 1. The minimum atomic E-state index is -4.51. The van der Waals surface area contributed by atoms with Crippen molar-refractivity contribution < 1.29 is 18.1 Å². The SMILES string of the molecule is O=[N+]([O-])c1ccc(CNc2ncc(C(F)(F)F)cc2Cl)cc1. The minimum Gasteiger partial charge on any atom is -0.365 e. The molecule has 1 aromatic heterocycles. The van der Waals surface area contributed by atoms with Crippen LogP contribution in [-0.2, 0) is 12.7 Å². The van der Waals surface area contributed by atoms with Crippen LogP contribution in [0.5, 0.6) is 0 Å². The molecule has 2 aromatic rings. The highest BCUT2D eigenvalue weighted by molar-refractivity contribution is 6.32. The summed E-state index contributed by atoms with van der Waals surface area (Å²) < 4.78 is 37.4. The van der Waals surface area contributed by atoms with E-state index in [0.717, 1.165) is 6.07 Å². The standard InChI is InChI=1S/C13H9ClF3N3O2/c14-11-5-9(13(15,16)17)7-19-12(11)18-6-8-1-3-10(4-2-8)20(21)22/h1-5,7H,6H2,(H,18,19). The van der Waals surface area contributed by atoms with Gasteiger partial charge in [-0.15, -0.1) is 0 Å². The summed E-state index contributed by atoms with van der Waals surface area (Å²) in [4.78, 5) is 13.6. The third-order valence-corrected chi connectivity index (χ3v) is 3.06. The van der Waals surface area contributed by atoms with Crippen molar-refractivity contribution in [2.45, 2.75) is 12.7 Å². The number of pyridine rings is 1. The molecule has 0 aliphatic rings. The van der Waals surface area contributed by atoms with Gasteiger partial charge in [-0.05, 0) is 11.6 Å². The van der Waals surface area contributed by atoms with Gasteiger partial charge in [0.05, 0.1) is 15.5 Å². The van der Waals surface area contributed by atoms with Crippen LogP contribution in [0.3, 0.4) is 0 Å². The number of alkyl halides is 3. The van der Waals surface area contributed by atoms with E-state index < -0.39 is 16.7 Å². The molecular weight excluding hydrogens is 323 g/mol. The smallest absolute Gasteiger partial charge is 0.365 e. The summed E-state index contributed by atoms with van der Waals surface area (Å²) in [6.07, 6.45) is -3.82. The monoisotopic (exact) mass is 331 g/mol. The van der Waals surface area contributed by atoms with Gasteiger partial charge in [0.15, 0.2) is 0 Å². The predicted molar refractivity (Wildman–Crippen MR) is 74.7 cm³/mol. The Hall–Kier alpha value is -2.35. The number of hydrogen-bond acceptors (Lipinski definition) is 4. The number of hydrogen-bond donors (Lipinski definition) is 1. The molecule has 1 N–H and O–H groups in total. The van der Waals surface area contributed by atoms with Gasteiger partial charge in [0.2, 0.25) is 0 Å². The van der Waals surface area contributed by atoms with Crippen LogP contribution in [0.1, 0.15) is 11.1 Å². The van der Waals surface area contributed by atoms with Crippen molar-refractivity contribution in [1.82, 2.24) is 4.98 Å². The molecule has 22 heavy (non-hydrogen) atoms. The maximum Gasteiger partial charge on any atom is 0.417 e. The van der Waals surface area contributed by atoms with Crippen molar-refractivity contribution in [3.05, 3.63) is 62.8 Å². The average molecular weight is 332 g/mol. The summed E-state index contributed by atoms with van der Waals surface area (Å²) in [7, 11) is 0. The van der Waals surface area contributed by atoms with Gasteiger partial charge in [-0.1, -0.05) is 23.7 Å². The Kier molecular flexibility index (Phi) is 4.51. The van der Waals surface area contributed by atoms with Gasteiger partial charge in [0.1, 0.15) is 5.82 Å². The lowest BCUT2D eigenvalue weighted by Crippen LogP contribution is -2.08. The molecule has 0 bridgehead atoms. The zero-order valence-corrected chi connectivity index (χ0v) is 11.6. The molecule has 0 unspecified atom stereocenters. The van der Waals surface area contributed by atoms with E-state index in [1.54, 1.807) is 0 Å². The number of nitro groups is 1. The van der Waals surface area contributed by atoms with Gasteiger partial charge < -0.3 is 5.32 Å². The Bertz CT molecular complexity index is 690. The van der Waals surface area contributed by atoms with E-state index in [1.165, 1.54) is 24.3 Å². The van der Waals surface area contributed by atoms with Crippen LogP contribution in [-0.4, -0.2) is 9.91 Å². The minimum absolute atomic E-state index is 0.0468.